The first-order chi connectivity index (χ1) is 11.6. The largest absolute Gasteiger partial charge is 0.303 e. The number of likely N-dealkylation sites (tertiary alicyclic amines) is 1. The maximum absolute atomic E-state index is 12.9. The van der Waals surface area contributed by atoms with Crippen LogP contribution in [0.5, 0.6) is 0 Å². The molecule has 0 atom stereocenters. The summed E-state index contributed by atoms with van der Waals surface area (Å²) in [6.45, 7) is 3.23. The van der Waals surface area contributed by atoms with E-state index in [-0.39, 0.29) is 5.82 Å². The van der Waals surface area contributed by atoms with Crippen molar-refractivity contribution in [2.75, 3.05) is 19.6 Å². The van der Waals surface area contributed by atoms with Gasteiger partial charge in [0.05, 0.1) is 5.02 Å². The van der Waals surface area contributed by atoms with Gasteiger partial charge >= 0.3 is 0 Å². The molecule has 0 amide bonds. The van der Waals surface area contributed by atoms with E-state index in [1.807, 2.05) is 42.1 Å². The lowest BCUT2D eigenvalue weighted by atomic mass is 10.1. The summed E-state index contributed by atoms with van der Waals surface area (Å²) in [6, 6.07) is 12.5. The minimum atomic E-state index is -0.169. The molecule has 0 unspecified atom stereocenters. The lowest BCUT2D eigenvalue weighted by Crippen LogP contribution is -2.36. The molecule has 0 aromatic heterocycles. The number of hydrogen-bond donors (Lipinski definition) is 0. The molecule has 5 heteroatoms. The zero-order valence-electron chi connectivity index (χ0n) is 13.4. The van der Waals surface area contributed by atoms with Crippen LogP contribution in [0.1, 0.15) is 18.4 Å². The molecule has 1 fully saturated rings. The molecule has 0 spiro atoms. The average molecular weight is 384 g/mol. The van der Waals surface area contributed by atoms with Crippen LogP contribution in [0.3, 0.4) is 0 Å². The highest BCUT2D eigenvalue weighted by Crippen LogP contribution is 2.36. The van der Waals surface area contributed by atoms with E-state index in [1.54, 1.807) is 0 Å². The van der Waals surface area contributed by atoms with Crippen molar-refractivity contribution < 1.29 is 4.39 Å². The van der Waals surface area contributed by atoms with Crippen LogP contribution in [0.2, 0.25) is 10.0 Å². The van der Waals surface area contributed by atoms with Crippen LogP contribution in [0.15, 0.2) is 47.4 Å². The van der Waals surface area contributed by atoms with Gasteiger partial charge in [-0.1, -0.05) is 35.3 Å². The molecule has 0 N–H and O–H groups in total. The normalized spacial score (nSPS) is 16.5. The minimum absolute atomic E-state index is 0.169. The third-order valence-corrected chi connectivity index (χ3v) is 6.43. The summed E-state index contributed by atoms with van der Waals surface area (Å²) in [5.74, 6) is -0.169. The molecule has 1 aliphatic rings. The molecule has 0 bridgehead atoms. The molecule has 2 aromatic carbocycles. The lowest BCUT2D eigenvalue weighted by Gasteiger charge is -2.31. The third-order valence-electron chi connectivity index (χ3n) is 4.35. The van der Waals surface area contributed by atoms with Crippen molar-refractivity contribution in [3.05, 3.63) is 63.9 Å². The van der Waals surface area contributed by atoms with Gasteiger partial charge in [0, 0.05) is 21.7 Å². The van der Waals surface area contributed by atoms with Crippen molar-refractivity contribution in [2.24, 2.45) is 0 Å². The molecule has 1 saturated heterocycles. The molecule has 0 aliphatic carbocycles. The van der Waals surface area contributed by atoms with Crippen LogP contribution in [0, 0.1) is 5.82 Å². The molecular formula is C19H20Cl2FNS. The molecule has 0 saturated carbocycles. The van der Waals surface area contributed by atoms with Crippen molar-refractivity contribution in [1.82, 2.24) is 4.90 Å². The second-order valence-electron chi connectivity index (χ2n) is 6.11. The Kier molecular flexibility index (Phi) is 6.45. The zero-order chi connectivity index (χ0) is 16.9. The molecular weight excluding hydrogens is 364 g/mol. The highest BCUT2D eigenvalue weighted by atomic mass is 35.5. The SMILES string of the molecule is Fc1ccc(CCN2CCC(Sc3ccc(Cl)cc3Cl)CC2)cc1. The standard InChI is InChI=1S/C19H20Cl2FNS/c20-15-3-6-19(18(21)13-15)24-17-8-11-23(12-9-17)10-7-14-1-4-16(22)5-2-14/h1-6,13,17H,7-12H2. The first-order valence-corrected chi connectivity index (χ1v) is 9.82. The Morgan fingerprint density at radius 2 is 1.75 bits per heavy atom. The Hall–Kier alpha value is -0.740. The molecule has 128 valence electrons. The van der Waals surface area contributed by atoms with E-state index in [2.05, 4.69) is 4.90 Å². The third kappa shape index (κ3) is 5.13. The Morgan fingerprint density at radius 3 is 2.42 bits per heavy atom. The summed E-state index contributed by atoms with van der Waals surface area (Å²) in [6.07, 6.45) is 3.29. The van der Waals surface area contributed by atoms with E-state index in [1.165, 1.54) is 17.7 Å². The van der Waals surface area contributed by atoms with Gasteiger partial charge in [0.15, 0.2) is 0 Å². The summed E-state index contributed by atoms with van der Waals surface area (Å²) < 4.78 is 12.9. The zero-order valence-corrected chi connectivity index (χ0v) is 15.7. The van der Waals surface area contributed by atoms with Crippen LogP contribution in [0.4, 0.5) is 4.39 Å². The summed E-state index contributed by atoms with van der Waals surface area (Å²) in [4.78, 5) is 3.61. The Labute approximate surface area is 157 Å². The van der Waals surface area contributed by atoms with E-state index in [0.717, 1.165) is 48.8 Å². The van der Waals surface area contributed by atoms with E-state index >= 15 is 0 Å². The Morgan fingerprint density at radius 1 is 1.04 bits per heavy atom. The van der Waals surface area contributed by atoms with Crippen LogP contribution in [0.25, 0.3) is 0 Å². The highest BCUT2D eigenvalue weighted by Gasteiger charge is 2.20. The van der Waals surface area contributed by atoms with E-state index < -0.39 is 0 Å². The first kappa shape index (κ1) is 18.1. The van der Waals surface area contributed by atoms with Gasteiger partial charge in [0.25, 0.3) is 0 Å². The van der Waals surface area contributed by atoms with Crippen molar-refractivity contribution in [1.29, 1.82) is 0 Å². The number of nitrogens with zero attached hydrogens (tertiary/aromatic N) is 1. The second-order valence-corrected chi connectivity index (χ2v) is 8.30. The number of hydrogen-bond acceptors (Lipinski definition) is 2. The van der Waals surface area contributed by atoms with Crippen LogP contribution < -0.4 is 0 Å². The number of rotatable bonds is 5. The summed E-state index contributed by atoms with van der Waals surface area (Å²) in [5, 5.41) is 2.02. The van der Waals surface area contributed by atoms with E-state index in [9.17, 15) is 4.39 Å². The summed E-state index contributed by atoms with van der Waals surface area (Å²) in [7, 11) is 0. The predicted molar refractivity (Wildman–Crippen MR) is 102 cm³/mol. The average Bonchev–Trinajstić information content (AvgIpc) is 2.58. The van der Waals surface area contributed by atoms with Crippen LogP contribution in [-0.2, 0) is 6.42 Å². The Bertz CT molecular complexity index is 670. The minimum Gasteiger partial charge on any atom is -0.303 e. The van der Waals surface area contributed by atoms with E-state index in [4.69, 9.17) is 23.2 Å². The molecule has 1 heterocycles. The molecule has 3 rings (SSSR count). The quantitative estimate of drug-likeness (QED) is 0.628. The van der Waals surface area contributed by atoms with Gasteiger partial charge in [0.2, 0.25) is 0 Å². The number of halogens is 3. The first-order valence-electron chi connectivity index (χ1n) is 8.18. The van der Waals surface area contributed by atoms with Gasteiger partial charge in [-0.3, -0.25) is 0 Å². The van der Waals surface area contributed by atoms with Crippen LogP contribution in [-0.4, -0.2) is 29.8 Å². The van der Waals surface area contributed by atoms with Crippen molar-refractivity contribution >= 4 is 35.0 Å². The summed E-state index contributed by atoms with van der Waals surface area (Å²) in [5.41, 5.74) is 1.20. The number of thioether (sulfide) groups is 1. The second kappa shape index (κ2) is 8.57. The molecule has 0 radical (unpaired) electrons. The monoisotopic (exact) mass is 383 g/mol. The molecule has 1 aliphatic heterocycles. The van der Waals surface area contributed by atoms with Crippen LogP contribution >= 0.6 is 35.0 Å². The van der Waals surface area contributed by atoms with Gasteiger partial charge in [-0.25, -0.2) is 4.39 Å². The fraction of sp³-hybridized carbons (Fsp3) is 0.368. The summed E-state index contributed by atoms with van der Waals surface area (Å²) >= 11 is 14.1. The van der Waals surface area contributed by atoms with Crippen molar-refractivity contribution in [3.63, 3.8) is 0 Å². The number of piperidine rings is 1. The molecule has 2 aromatic rings. The fourth-order valence-electron chi connectivity index (χ4n) is 2.94. The van der Waals surface area contributed by atoms with Crippen molar-refractivity contribution in [2.45, 2.75) is 29.4 Å². The Balaban J connectivity index is 1.44. The highest BCUT2D eigenvalue weighted by molar-refractivity contribution is 8.00. The number of benzene rings is 2. The topological polar surface area (TPSA) is 3.24 Å². The van der Waals surface area contributed by atoms with Gasteiger partial charge < -0.3 is 4.90 Å². The van der Waals surface area contributed by atoms with Gasteiger partial charge in [-0.05, 0) is 68.2 Å². The maximum Gasteiger partial charge on any atom is 0.123 e. The van der Waals surface area contributed by atoms with E-state index in [0.29, 0.717) is 10.3 Å². The van der Waals surface area contributed by atoms with Gasteiger partial charge in [-0.15, -0.1) is 11.8 Å². The smallest absolute Gasteiger partial charge is 0.123 e. The molecule has 24 heavy (non-hydrogen) atoms. The predicted octanol–water partition coefficient (Wildman–Crippen LogP) is 5.93. The van der Waals surface area contributed by atoms with Gasteiger partial charge in [-0.2, -0.15) is 0 Å². The van der Waals surface area contributed by atoms with Crippen molar-refractivity contribution in [3.8, 4) is 0 Å². The lowest BCUT2D eigenvalue weighted by molar-refractivity contribution is 0.235. The fourth-order valence-corrected chi connectivity index (χ4v) is 4.61. The maximum atomic E-state index is 12.9. The molecule has 1 nitrogen and oxygen atoms in total. The van der Waals surface area contributed by atoms with Gasteiger partial charge in [0.1, 0.15) is 5.82 Å².